The maximum Gasteiger partial charge on any atom is 0.261 e. The fraction of sp³-hybridized carbons (Fsp3) is 0.0870. The first-order chi connectivity index (χ1) is 14.4. The quantitative estimate of drug-likeness (QED) is 0.483. The van der Waals surface area contributed by atoms with Crippen LogP contribution < -0.4 is 5.32 Å². The summed E-state index contributed by atoms with van der Waals surface area (Å²) < 4.78 is 33.1. The summed E-state index contributed by atoms with van der Waals surface area (Å²) in [6.45, 7) is 3.71. The molecule has 3 aromatic carbocycles. The molecule has 0 saturated carbocycles. The van der Waals surface area contributed by atoms with E-state index in [9.17, 15) is 13.6 Å². The number of carbonyl (C=O) groups excluding carboxylic acids is 1. The minimum atomic E-state index is -0.909. The van der Waals surface area contributed by atoms with E-state index in [0.29, 0.717) is 17.5 Å². The van der Waals surface area contributed by atoms with Crippen molar-refractivity contribution in [2.45, 2.75) is 13.8 Å². The Morgan fingerprint density at radius 1 is 0.900 bits per heavy atom. The molecule has 0 saturated heterocycles. The van der Waals surface area contributed by atoms with Crippen LogP contribution in [0.25, 0.3) is 22.6 Å². The third-order valence-electron chi connectivity index (χ3n) is 4.65. The van der Waals surface area contributed by atoms with E-state index in [1.54, 1.807) is 19.1 Å². The number of hydrogen-bond acceptors (Lipinski definition) is 4. The van der Waals surface area contributed by atoms with Crippen molar-refractivity contribution in [1.82, 2.24) is 10.2 Å². The van der Waals surface area contributed by atoms with E-state index in [-0.39, 0.29) is 0 Å². The molecule has 30 heavy (non-hydrogen) atoms. The molecule has 1 heterocycles. The standard InChI is InChI=1S/C23H17F2N3O2/c1-13-6-7-16(23-28-27-14(2)30-23)12-18(13)15-8-10-17(11-9-15)26-22(29)21-19(24)4-3-5-20(21)25/h3-12H,1-2H3,(H,26,29). The van der Waals surface area contributed by atoms with Crippen LogP contribution in [0.1, 0.15) is 21.8 Å². The lowest BCUT2D eigenvalue weighted by atomic mass is 9.98. The van der Waals surface area contributed by atoms with Gasteiger partial charge in [0.2, 0.25) is 11.8 Å². The van der Waals surface area contributed by atoms with Gasteiger partial charge >= 0.3 is 0 Å². The van der Waals surface area contributed by atoms with Gasteiger partial charge in [0.05, 0.1) is 0 Å². The molecule has 4 aromatic rings. The number of benzene rings is 3. The number of hydrogen-bond donors (Lipinski definition) is 1. The zero-order chi connectivity index (χ0) is 21.3. The highest BCUT2D eigenvalue weighted by molar-refractivity contribution is 6.04. The van der Waals surface area contributed by atoms with E-state index >= 15 is 0 Å². The molecule has 0 radical (unpaired) electrons. The molecule has 1 amide bonds. The second-order valence-electron chi connectivity index (χ2n) is 6.78. The van der Waals surface area contributed by atoms with E-state index in [1.165, 1.54) is 6.07 Å². The Hall–Kier alpha value is -3.87. The lowest BCUT2D eigenvalue weighted by molar-refractivity contribution is 0.101. The third kappa shape index (κ3) is 3.82. The van der Waals surface area contributed by atoms with Crippen molar-refractivity contribution in [3.8, 4) is 22.6 Å². The van der Waals surface area contributed by atoms with Crippen molar-refractivity contribution in [1.29, 1.82) is 0 Å². The Morgan fingerprint density at radius 3 is 2.20 bits per heavy atom. The molecule has 5 nitrogen and oxygen atoms in total. The number of nitrogens with one attached hydrogen (secondary N) is 1. The molecule has 0 aliphatic carbocycles. The smallest absolute Gasteiger partial charge is 0.261 e. The molecule has 0 fully saturated rings. The molecule has 7 heteroatoms. The van der Waals surface area contributed by atoms with E-state index in [1.807, 2.05) is 37.3 Å². The van der Waals surface area contributed by atoms with Crippen molar-refractivity contribution < 1.29 is 18.0 Å². The number of rotatable bonds is 4. The summed E-state index contributed by atoms with van der Waals surface area (Å²) in [6, 6.07) is 16.1. The molecular weight excluding hydrogens is 388 g/mol. The predicted molar refractivity (Wildman–Crippen MR) is 109 cm³/mol. The molecule has 1 aromatic heterocycles. The molecule has 0 unspecified atom stereocenters. The largest absolute Gasteiger partial charge is 0.421 e. The SMILES string of the molecule is Cc1nnc(-c2ccc(C)c(-c3ccc(NC(=O)c4c(F)cccc4F)cc3)c2)o1. The van der Waals surface area contributed by atoms with E-state index in [4.69, 9.17) is 4.42 Å². The zero-order valence-electron chi connectivity index (χ0n) is 16.2. The van der Waals surface area contributed by atoms with Crippen molar-refractivity contribution >= 4 is 11.6 Å². The van der Waals surface area contributed by atoms with Crippen LogP contribution in [0.3, 0.4) is 0 Å². The number of anilines is 1. The van der Waals surface area contributed by atoms with E-state index in [2.05, 4.69) is 15.5 Å². The maximum atomic E-state index is 13.8. The topological polar surface area (TPSA) is 68.0 Å². The minimum absolute atomic E-state index is 0.424. The van der Waals surface area contributed by atoms with Gasteiger partial charge in [-0.25, -0.2) is 8.78 Å². The first-order valence-electron chi connectivity index (χ1n) is 9.19. The van der Waals surface area contributed by atoms with Gasteiger partial charge in [-0.05, 0) is 60.0 Å². The highest BCUT2D eigenvalue weighted by Crippen LogP contribution is 2.30. The number of carbonyl (C=O) groups is 1. The molecule has 1 N–H and O–H groups in total. The lowest BCUT2D eigenvalue weighted by Gasteiger charge is -2.10. The zero-order valence-corrected chi connectivity index (χ0v) is 16.2. The summed E-state index contributed by atoms with van der Waals surface area (Å²) in [6.07, 6.45) is 0. The molecule has 150 valence electrons. The Bertz CT molecular complexity index is 1210. The Morgan fingerprint density at radius 2 is 1.57 bits per heavy atom. The van der Waals surface area contributed by atoms with Gasteiger partial charge in [-0.3, -0.25) is 4.79 Å². The summed E-state index contributed by atoms with van der Waals surface area (Å²) in [5.74, 6) is -1.74. The molecule has 0 atom stereocenters. The molecular formula is C23H17F2N3O2. The van der Waals surface area contributed by atoms with Crippen LogP contribution in [0.5, 0.6) is 0 Å². The van der Waals surface area contributed by atoms with Crippen LogP contribution in [-0.4, -0.2) is 16.1 Å². The molecule has 0 aliphatic heterocycles. The summed E-state index contributed by atoms with van der Waals surface area (Å²) in [5.41, 5.74) is 3.51. The highest BCUT2D eigenvalue weighted by atomic mass is 19.1. The van der Waals surface area contributed by atoms with Crippen molar-refractivity contribution in [2.24, 2.45) is 0 Å². The number of amides is 1. The van der Waals surface area contributed by atoms with Gasteiger partial charge in [0.25, 0.3) is 5.91 Å². The average Bonchev–Trinajstić information content (AvgIpc) is 3.15. The first-order valence-corrected chi connectivity index (χ1v) is 9.19. The monoisotopic (exact) mass is 405 g/mol. The van der Waals surface area contributed by atoms with Gasteiger partial charge < -0.3 is 9.73 Å². The van der Waals surface area contributed by atoms with Gasteiger partial charge in [-0.1, -0.05) is 24.3 Å². The summed E-state index contributed by atoms with van der Waals surface area (Å²) in [4.78, 5) is 12.3. The average molecular weight is 405 g/mol. The van der Waals surface area contributed by atoms with Gasteiger partial charge in [0.15, 0.2) is 0 Å². The maximum absolute atomic E-state index is 13.8. The van der Waals surface area contributed by atoms with E-state index in [0.717, 1.165) is 34.4 Å². The Labute approximate surface area is 171 Å². The third-order valence-corrected chi connectivity index (χ3v) is 4.65. The van der Waals surface area contributed by atoms with Crippen molar-refractivity contribution in [3.63, 3.8) is 0 Å². The Kier molecular flexibility index (Phi) is 5.10. The molecule has 4 rings (SSSR count). The summed E-state index contributed by atoms with van der Waals surface area (Å²) in [7, 11) is 0. The second kappa shape index (κ2) is 7.87. The molecule has 0 spiro atoms. The second-order valence-corrected chi connectivity index (χ2v) is 6.78. The van der Waals surface area contributed by atoms with Gasteiger partial charge in [0.1, 0.15) is 17.2 Å². The van der Waals surface area contributed by atoms with Crippen LogP contribution in [0.2, 0.25) is 0 Å². The fourth-order valence-electron chi connectivity index (χ4n) is 3.12. The highest BCUT2D eigenvalue weighted by Gasteiger charge is 2.17. The normalized spacial score (nSPS) is 10.8. The van der Waals surface area contributed by atoms with Crippen LogP contribution >= 0.6 is 0 Å². The van der Waals surface area contributed by atoms with Gasteiger partial charge in [-0.15, -0.1) is 10.2 Å². The van der Waals surface area contributed by atoms with E-state index < -0.39 is 23.1 Å². The predicted octanol–water partition coefficient (Wildman–Crippen LogP) is 5.55. The first kappa shape index (κ1) is 19.4. The Balaban J connectivity index is 1.59. The van der Waals surface area contributed by atoms with Crippen molar-refractivity contribution in [2.75, 3.05) is 5.32 Å². The fourth-order valence-corrected chi connectivity index (χ4v) is 3.12. The number of aryl methyl sites for hydroxylation is 2. The van der Waals surface area contributed by atoms with Crippen LogP contribution in [0.15, 0.2) is 65.1 Å². The number of aromatic nitrogens is 2. The lowest BCUT2D eigenvalue weighted by Crippen LogP contribution is -2.15. The van der Waals surface area contributed by atoms with Crippen LogP contribution in [0, 0.1) is 25.5 Å². The number of nitrogens with zero attached hydrogens (tertiary/aromatic N) is 2. The number of halogens is 2. The van der Waals surface area contributed by atoms with Crippen LogP contribution in [0.4, 0.5) is 14.5 Å². The summed E-state index contributed by atoms with van der Waals surface area (Å²) in [5, 5.41) is 10.4. The summed E-state index contributed by atoms with van der Waals surface area (Å²) >= 11 is 0. The minimum Gasteiger partial charge on any atom is -0.421 e. The molecule has 0 bridgehead atoms. The van der Waals surface area contributed by atoms with Crippen molar-refractivity contribution in [3.05, 3.63) is 89.3 Å². The van der Waals surface area contributed by atoms with Gasteiger partial charge in [-0.2, -0.15) is 0 Å². The molecule has 0 aliphatic rings. The van der Waals surface area contributed by atoms with Gasteiger partial charge in [0, 0.05) is 18.2 Å². The van der Waals surface area contributed by atoms with Crippen LogP contribution in [-0.2, 0) is 0 Å².